The van der Waals surface area contributed by atoms with Crippen LogP contribution in [0.4, 0.5) is 0 Å². The molecule has 5 nitrogen and oxygen atoms in total. The molecule has 1 aliphatic heterocycles. The van der Waals surface area contributed by atoms with Gasteiger partial charge in [0.25, 0.3) is 8.18 Å². The number of nitrogens with zero attached hydrogens (tertiary/aromatic N) is 1. The highest BCUT2D eigenvalue weighted by Crippen LogP contribution is 2.34. The molecule has 2 amide bonds. The Morgan fingerprint density at radius 1 is 1.19 bits per heavy atom. The van der Waals surface area contributed by atoms with Crippen molar-refractivity contribution in [1.29, 1.82) is 0 Å². The second-order valence-corrected chi connectivity index (χ2v) is 5.07. The van der Waals surface area contributed by atoms with Gasteiger partial charge in [-0.1, -0.05) is 26.2 Å². The average molecular weight is 247 g/mol. The molecule has 0 saturated carbocycles. The fraction of sp³-hybridized carbons (Fsp3) is 0.800. The van der Waals surface area contributed by atoms with Gasteiger partial charge in [0.2, 0.25) is 11.8 Å². The van der Waals surface area contributed by atoms with Crippen LogP contribution in [0.3, 0.4) is 0 Å². The van der Waals surface area contributed by atoms with Crippen molar-refractivity contribution in [2.24, 2.45) is 0 Å². The normalized spacial score (nSPS) is 18.2. The van der Waals surface area contributed by atoms with E-state index in [4.69, 9.17) is 4.52 Å². The Labute approximate surface area is 96.1 Å². The fourth-order valence-electron chi connectivity index (χ4n) is 1.53. The maximum absolute atomic E-state index is 11.5. The van der Waals surface area contributed by atoms with Crippen LogP contribution in [-0.2, 0) is 18.7 Å². The van der Waals surface area contributed by atoms with E-state index in [2.05, 4.69) is 6.92 Å². The maximum Gasteiger partial charge on any atom is 0.293 e. The number of amides is 2. The molecular formula is C10H18NO4P. The van der Waals surface area contributed by atoms with Crippen LogP contribution in [0, 0.1) is 0 Å². The third kappa shape index (κ3) is 3.72. The van der Waals surface area contributed by atoms with E-state index in [1.165, 1.54) is 0 Å². The molecule has 0 aromatic rings. The standard InChI is InChI=1S/C10H18NO4P/c1-2-3-4-5-8-15-16(14)11-9(12)6-7-10(11)13/h16H,2-8H2,1H3. The van der Waals surface area contributed by atoms with Crippen molar-refractivity contribution >= 4 is 20.0 Å². The Balaban J connectivity index is 2.24. The minimum atomic E-state index is -2.67. The minimum absolute atomic E-state index is 0.161. The number of carbonyl (C=O) groups is 2. The van der Waals surface area contributed by atoms with Gasteiger partial charge in [-0.3, -0.25) is 14.2 Å². The molecule has 6 heteroatoms. The lowest BCUT2D eigenvalue weighted by Gasteiger charge is -2.13. The van der Waals surface area contributed by atoms with Gasteiger partial charge in [-0.25, -0.2) is 4.67 Å². The zero-order valence-electron chi connectivity index (χ0n) is 9.53. The lowest BCUT2D eigenvalue weighted by atomic mass is 10.2. The van der Waals surface area contributed by atoms with E-state index in [0.29, 0.717) is 6.61 Å². The van der Waals surface area contributed by atoms with E-state index in [-0.39, 0.29) is 24.7 Å². The van der Waals surface area contributed by atoms with Crippen LogP contribution < -0.4 is 0 Å². The van der Waals surface area contributed by atoms with Crippen LogP contribution in [0.5, 0.6) is 0 Å². The van der Waals surface area contributed by atoms with Gasteiger partial charge in [-0.2, -0.15) is 0 Å². The largest absolute Gasteiger partial charge is 0.315 e. The highest BCUT2D eigenvalue weighted by molar-refractivity contribution is 7.38. The summed E-state index contributed by atoms with van der Waals surface area (Å²) in [5.41, 5.74) is 0. The molecule has 0 aliphatic carbocycles. The summed E-state index contributed by atoms with van der Waals surface area (Å²) < 4.78 is 17.4. The van der Waals surface area contributed by atoms with Gasteiger partial charge in [-0.05, 0) is 6.42 Å². The number of unbranched alkanes of at least 4 members (excludes halogenated alkanes) is 3. The van der Waals surface area contributed by atoms with Gasteiger partial charge in [0.1, 0.15) is 0 Å². The summed E-state index contributed by atoms with van der Waals surface area (Å²) in [5.74, 6) is -0.745. The summed E-state index contributed by atoms with van der Waals surface area (Å²) in [5, 5.41) is 0. The summed E-state index contributed by atoms with van der Waals surface area (Å²) in [6.07, 6.45) is 4.40. The van der Waals surface area contributed by atoms with E-state index >= 15 is 0 Å². The first-order valence-corrected chi connectivity index (χ1v) is 6.95. The number of hydrogen-bond acceptors (Lipinski definition) is 4. The van der Waals surface area contributed by atoms with Crippen LogP contribution in [0.2, 0.25) is 0 Å². The van der Waals surface area contributed by atoms with Crippen molar-refractivity contribution < 1.29 is 18.7 Å². The molecule has 1 heterocycles. The van der Waals surface area contributed by atoms with Crippen molar-refractivity contribution in [3.63, 3.8) is 0 Å². The average Bonchev–Trinajstić information content (AvgIpc) is 2.58. The number of carbonyl (C=O) groups excluding carboxylic acids is 2. The molecule has 1 saturated heterocycles. The third-order valence-electron chi connectivity index (χ3n) is 2.46. The second kappa shape index (κ2) is 6.81. The molecular weight excluding hydrogens is 229 g/mol. The lowest BCUT2D eigenvalue weighted by molar-refractivity contribution is -0.132. The summed E-state index contributed by atoms with van der Waals surface area (Å²) in [6.45, 7) is 2.46. The zero-order valence-corrected chi connectivity index (χ0v) is 10.5. The zero-order chi connectivity index (χ0) is 12.0. The van der Waals surface area contributed by atoms with Crippen molar-refractivity contribution in [3.8, 4) is 0 Å². The first-order chi connectivity index (χ1) is 7.66. The Morgan fingerprint density at radius 3 is 2.38 bits per heavy atom. The summed E-state index contributed by atoms with van der Waals surface area (Å²) in [7, 11) is -2.67. The van der Waals surface area contributed by atoms with E-state index in [9.17, 15) is 14.2 Å². The van der Waals surface area contributed by atoms with Crippen LogP contribution in [-0.4, -0.2) is 23.1 Å². The van der Waals surface area contributed by atoms with E-state index < -0.39 is 8.18 Å². The van der Waals surface area contributed by atoms with Crippen LogP contribution in [0.1, 0.15) is 45.4 Å². The van der Waals surface area contributed by atoms with Crippen molar-refractivity contribution in [2.45, 2.75) is 45.4 Å². The number of rotatable bonds is 7. The van der Waals surface area contributed by atoms with Crippen molar-refractivity contribution in [2.75, 3.05) is 6.61 Å². The predicted octanol–water partition coefficient (Wildman–Crippen LogP) is 2.12. The van der Waals surface area contributed by atoms with Gasteiger partial charge in [0, 0.05) is 12.8 Å². The molecule has 0 bridgehead atoms. The molecule has 0 aromatic heterocycles. The molecule has 1 atom stereocenters. The van der Waals surface area contributed by atoms with E-state index in [1.807, 2.05) is 0 Å². The fourth-order valence-corrected chi connectivity index (χ4v) is 2.61. The van der Waals surface area contributed by atoms with Gasteiger partial charge in [-0.15, -0.1) is 0 Å². The van der Waals surface area contributed by atoms with Gasteiger partial charge < -0.3 is 4.52 Å². The molecule has 16 heavy (non-hydrogen) atoms. The topological polar surface area (TPSA) is 63.7 Å². The minimum Gasteiger partial charge on any atom is -0.315 e. The summed E-state index contributed by atoms with van der Waals surface area (Å²) >= 11 is 0. The van der Waals surface area contributed by atoms with Crippen LogP contribution in [0.25, 0.3) is 0 Å². The van der Waals surface area contributed by atoms with E-state index in [0.717, 1.165) is 30.4 Å². The van der Waals surface area contributed by atoms with Crippen LogP contribution in [0.15, 0.2) is 0 Å². The molecule has 92 valence electrons. The van der Waals surface area contributed by atoms with Crippen molar-refractivity contribution in [1.82, 2.24) is 4.67 Å². The van der Waals surface area contributed by atoms with Gasteiger partial charge >= 0.3 is 0 Å². The molecule has 0 aromatic carbocycles. The molecule has 0 spiro atoms. The second-order valence-electron chi connectivity index (χ2n) is 3.80. The Bertz CT molecular complexity index is 277. The first-order valence-electron chi connectivity index (χ1n) is 5.69. The Hall–Kier alpha value is -0.670. The number of hydrogen-bond donors (Lipinski definition) is 0. The van der Waals surface area contributed by atoms with Gasteiger partial charge in [0.15, 0.2) is 0 Å². The Kier molecular flexibility index (Phi) is 5.71. The molecule has 1 fully saturated rings. The smallest absolute Gasteiger partial charge is 0.293 e. The number of imide groups is 1. The maximum atomic E-state index is 11.5. The van der Waals surface area contributed by atoms with Crippen molar-refractivity contribution in [3.05, 3.63) is 0 Å². The van der Waals surface area contributed by atoms with Crippen LogP contribution >= 0.6 is 8.18 Å². The quantitative estimate of drug-likeness (QED) is 0.392. The van der Waals surface area contributed by atoms with Gasteiger partial charge in [0.05, 0.1) is 6.61 Å². The molecule has 0 N–H and O–H groups in total. The SMILES string of the molecule is CCCCCCO[PH](=O)N1C(=O)CCC1=O. The monoisotopic (exact) mass is 247 g/mol. The summed E-state index contributed by atoms with van der Waals surface area (Å²) in [4.78, 5) is 22.4. The lowest BCUT2D eigenvalue weighted by Crippen LogP contribution is -2.21. The summed E-state index contributed by atoms with van der Waals surface area (Å²) in [6, 6.07) is 0. The van der Waals surface area contributed by atoms with E-state index in [1.54, 1.807) is 0 Å². The first kappa shape index (κ1) is 13.4. The molecule has 1 rings (SSSR count). The highest BCUT2D eigenvalue weighted by atomic mass is 31.1. The molecule has 0 radical (unpaired) electrons. The molecule has 1 unspecified atom stereocenters. The predicted molar refractivity (Wildman–Crippen MR) is 60.2 cm³/mol. The third-order valence-corrected chi connectivity index (χ3v) is 3.77. The molecule has 1 aliphatic rings. The highest BCUT2D eigenvalue weighted by Gasteiger charge is 2.33. The Morgan fingerprint density at radius 2 is 1.81 bits per heavy atom.